The van der Waals surface area contributed by atoms with Gasteiger partial charge in [-0.15, -0.1) is 0 Å². The van der Waals surface area contributed by atoms with E-state index in [2.05, 4.69) is 69.0 Å². The Morgan fingerprint density at radius 3 is 1.96 bits per heavy atom. The normalized spacial score (nSPS) is 11.4. The van der Waals surface area contributed by atoms with Gasteiger partial charge in [0.15, 0.2) is 17.5 Å². The highest BCUT2D eigenvalue weighted by Crippen LogP contribution is 2.35. The van der Waals surface area contributed by atoms with E-state index in [0.717, 1.165) is 66.7 Å². The summed E-state index contributed by atoms with van der Waals surface area (Å²) in [5.74, 6) is 1.73. The minimum atomic E-state index is 0.563. The van der Waals surface area contributed by atoms with Crippen LogP contribution in [0.2, 0.25) is 0 Å². The average molecular weight is 605 g/mol. The number of rotatable bonds is 5. The molecule has 8 nitrogen and oxygen atoms in total. The van der Waals surface area contributed by atoms with Crippen molar-refractivity contribution in [1.29, 1.82) is 0 Å². The van der Waals surface area contributed by atoms with Gasteiger partial charge in [0.2, 0.25) is 0 Å². The Bertz CT molecular complexity index is 2500. The first-order valence-electron chi connectivity index (χ1n) is 15.2. The molecule has 220 valence electrons. The van der Waals surface area contributed by atoms with Gasteiger partial charge in [-0.1, -0.05) is 66.7 Å². The molecule has 0 atom stereocenters. The first-order chi connectivity index (χ1) is 23.3. The lowest BCUT2D eigenvalue weighted by molar-refractivity contribution is 1.07. The van der Waals surface area contributed by atoms with Crippen molar-refractivity contribution in [3.05, 3.63) is 146 Å². The molecule has 6 heterocycles. The number of para-hydroxylation sites is 1. The molecule has 0 fully saturated rings. The number of hydrogen-bond donors (Lipinski definition) is 0. The van der Waals surface area contributed by atoms with E-state index in [9.17, 15) is 0 Å². The summed E-state index contributed by atoms with van der Waals surface area (Å²) in [5, 5.41) is 1.04. The maximum Gasteiger partial charge on any atom is 0.165 e. The molecule has 9 rings (SSSR count). The van der Waals surface area contributed by atoms with Crippen LogP contribution in [-0.2, 0) is 0 Å². The number of pyridine rings is 4. The molecule has 9 aromatic rings. The zero-order valence-electron chi connectivity index (χ0n) is 24.9. The summed E-state index contributed by atoms with van der Waals surface area (Å²) in [7, 11) is 0. The molecule has 47 heavy (non-hydrogen) atoms. The van der Waals surface area contributed by atoms with Crippen molar-refractivity contribution in [2.75, 3.05) is 0 Å². The van der Waals surface area contributed by atoms with Crippen molar-refractivity contribution in [3.63, 3.8) is 0 Å². The molecule has 0 unspecified atom stereocenters. The number of fused-ring (bicyclic) bond motifs is 5. The van der Waals surface area contributed by atoms with Crippen LogP contribution in [0.4, 0.5) is 0 Å². The van der Waals surface area contributed by atoms with Crippen LogP contribution in [0, 0.1) is 0 Å². The molecule has 6 aromatic heterocycles. The molecule has 0 saturated heterocycles. The van der Waals surface area contributed by atoms with Crippen LogP contribution in [0.25, 0.3) is 84.1 Å². The van der Waals surface area contributed by atoms with Gasteiger partial charge in [-0.3, -0.25) is 14.4 Å². The van der Waals surface area contributed by atoms with E-state index >= 15 is 0 Å². The fourth-order valence-electron chi connectivity index (χ4n) is 5.97. The molecule has 0 N–H and O–H groups in total. The van der Waals surface area contributed by atoms with Gasteiger partial charge < -0.3 is 0 Å². The van der Waals surface area contributed by atoms with E-state index in [-0.39, 0.29) is 0 Å². The zero-order valence-corrected chi connectivity index (χ0v) is 24.9. The molecule has 0 amide bonds. The molecule has 0 saturated carbocycles. The van der Waals surface area contributed by atoms with Crippen LogP contribution in [0.5, 0.6) is 0 Å². The fourth-order valence-corrected chi connectivity index (χ4v) is 5.97. The second-order valence-corrected chi connectivity index (χ2v) is 11.2. The predicted octanol–water partition coefficient (Wildman–Crippen LogP) is 8.35. The van der Waals surface area contributed by atoms with Crippen molar-refractivity contribution >= 4 is 27.6 Å². The molecule has 3 aromatic carbocycles. The average Bonchev–Trinajstić information content (AvgIpc) is 3.55. The van der Waals surface area contributed by atoms with Crippen LogP contribution in [0.15, 0.2) is 146 Å². The van der Waals surface area contributed by atoms with E-state index in [1.807, 2.05) is 66.9 Å². The molecule has 0 aliphatic carbocycles. The van der Waals surface area contributed by atoms with Crippen molar-refractivity contribution < 1.29 is 0 Å². The number of hydrogen-bond acceptors (Lipinski definition) is 7. The zero-order chi connectivity index (χ0) is 31.2. The molecule has 0 bridgehead atoms. The first-order valence-corrected chi connectivity index (χ1v) is 15.2. The second-order valence-electron chi connectivity index (χ2n) is 11.2. The molecular formula is C39H24N8. The van der Waals surface area contributed by atoms with Crippen LogP contribution in [0.1, 0.15) is 0 Å². The Balaban J connectivity index is 1.13. The highest BCUT2D eigenvalue weighted by molar-refractivity contribution is 6.09. The van der Waals surface area contributed by atoms with Crippen LogP contribution >= 0.6 is 0 Å². The summed E-state index contributed by atoms with van der Waals surface area (Å²) in [4.78, 5) is 33.0. The maximum absolute atomic E-state index is 5.16. The lowest BCUT2D eigenvalue weighted by atomic mass is 9.99. The lowest BCUT2D eigenvalue weighted by Crippen LogP contribution is -2.00. The third-order valence-electron chi connectivity index (χ3n) is 8.25. The topological polar surface area (TPSA) is 94.6 Å². The molecule has 0 spiro atoms. The van der Waals surface area contributed by atoms with E-state index in [1.54, 1.807) is 24.8 Å². The van der Waals surface area contributed by atoms with E-state index < -0.39 is 0 Å². The number of aromatic nitrogens is 8. The summed E-state index contributed by atoms with van der Waals surface area (Å²) < 4.78 is 2.13. The SMILES string of the molecule is c1cncc(-c2nc(-c3ccncc3)nc(-c3ccc(-c4cccc(-c5nc6ccccc6c6nc7ccccn7c56)c4)cc3)n2)c1. The Morgan fingerprint density at radius 1 is 0.447 bits per heavy atom. The van der Waals surface area contributed by atoms with Crippen LogP contribution in [-0.4, -0.2) is 39.3 Å². The monoisotopic (exact) mass is 604 g/mol. The third kappa shape index (κ3) is 4.76. The molecule has 0 aliphatic rings. The van der Waals surface area contributed by atoms with Gasteiger partial charge in [0.25, 0.3) is 0 Å². The highest BCUT2D eigenvalue weighted by atomic mass is 15.0. The smallest absolute Gasteiger partial charge is 0.165 e. The van der Waals surface area contributed by atoms with Gasteiger partial charge in [-0.05, 0) is 59.7 Å². The summed E-state index contributed by atoms with van der Waals surface area (Å²) in [6.07, 6.45) is 9.02. The number of nitrogens with zero attached hydrogens (tertiary/aromatic N) is 8. The standard InChI is InChI=1S/C39H24N8/c1-2-11-32-31(10-1)35-36(47-22-4-3-12-33(47)43-35)34(42-32)29-8-5-7-28(23-29)25-13-15-26(16-14-25)37-44-38(27-17-20-40-21-18-27)46-39(45-37)30-9-6-19-41-24-30/h1-24H. The first kappa shape index (κ1) is 26.7. The largest absolute Gasteiger partial charge is 0.298 e. The van der Waals surface area contributed by atoms with Gasteiger partial charge in [-0.25, -0.2) is 24.9 Å². The van der Waals surface area contributed by atoms with Crippen LogP contribution in [0.3, 0.4) is 0 Å². The van der Waals surface area contributed by atoms with E-state index in [0.29, 0.717) is 17.5 Å². The molecule has 0 aliphatic heterocycles. The quantitative estimate of drug-likeness (QED) is 0.195. The molecule has 8 heteroatoms. The highest BCUT2D eigenvalue weighted by Gasteiger charge is 2.17. The van der Waals surface area contributed by atoms with Gasteiger partial charge in [0, 0.05) is 58.6 Å². The molecular weight excluding hydrogens is 580 g/mol. The van der Waals surface area contributed by atoms with E-state index in [1.165, 1.54) is 0 Å². The minimum absolute atomic E-state index is 0.563. The lowest BCUT2D eigenvalue weighted by Gasteiger charge is -2.10. The van der Waals surface area contributed by atoms with Crippen LogP contribution < -0.4 is 0 Å². The van der Waals surface area contributed by atoms with Gasteiger partial charge in [-0.2, -0.15) is 0 Å². The van der Waals surface area contributed by atoms with Gasteiger partial charge in [0.05, 0.1) is 16.7 Å². The Hall–Kier alpha value is -6.67. The van der Waals surface area contributed by atoms with E-state index in [4.69, 9.17) is 24.9 Å². The van der Waals surface area contributed by atoms with Crippen molar-refractivity contribution in [2.45, 2.75) is 0 Å². The second kappa shape index (κ2) is 11.0. The number of benzene rings is 3. The summed E-state index contributed by atoms with van der Waals surface area (Å²) >= 11 is 0. The Kier molecular flexibility index (Phi) is 6.28. The summed E-state index contributed by atoms with van der Waals surface area (Å²) in [5.41, 5.74) is 10.4. The van der Waals surface area contributed by atoms with Crippen molar-refractivity contribution in [2.24, 2.45) is 0 Å². The third-order valence-corrected chi connectivity index (χ3v) is 8.25. The predicted molar refractivity (Wildman–Crippen MR) is 184 cm³/mol. The van der Waals surface area contributed by atoms with Gasteiger partial charge >= 0.3 is 0 Å². The Morgan fingerprint density at radius 2 is 1.15 bits per heavy atom. The minimum Gasteiger partial charge on any atom is -0.298 e. The van der Waals surface area contributed by atoms with Gasteiger partial charge in [0.1, 0.15) is 11.2 Å². The number of imidazole rings is 1. The maximum atomic E-state index is 5.16. The molecule has 0 radical (unpaired) electrons. The Labute approximate surface area is 269 Å². The summed E-state index contributed by atoms with van der Waals surface area (Å²) in [6.45, 7) is 0. The fraction of sp³-hybridized carbons (Fsp3) is 0. The van der Waals surface area contributed by atoms with Crippen molar-refractivity contribution in [1.82, 2.24) is 39.3 Å². The van der Waals surface area contributed by atoms with Crippen molar-refractivity contribution in [3.8, 4) is 56.5 Å². The summed E-state index contributed by atoms with van der Waals surface area (Å²) in [6, 6.07) is 38.7.